The number of halogens is 3. The van der Waals surface area contributed by atoms with E-state index in [0.717, 1.165) is 16.6 Å². The maximum Gasteiger partial charge on any atom is 0.414 e. The fourth-order valence-corrected chi connectivity index (χ4v) is 3.40. The van der Waals surface area contributed by atoms with E-state index in [4.69, 9.17) is 0 Å². The van der Waals surface area contributed by atoms with Crippen LogP contribution in [0.25, 0.3) is 10.9 Å². The van der Waals surface area contributed by atoms with Crippen molar-refractivity contribution in [1.82, 2.24) is 9.88 Å². The van der Waals surface area contributed by atoms with Gasteiger partial charge in [-0.2, -0.15) is 13.2 Å². The van der Waals surface area contributed by atoms with Crippen molar-refractivity contribution < 1.29 is 23.1 Å². The highest BCUT2D eigenvalue weighted by atomic mass is 19.4. The number of para-hydroxylation sites is 1. The molecule has 1 amide bonds. The van der Waals surface area contributed by atoms with Gasteiger partial charge < -0.3 is 15.0 Å². The molecule has 0 bridgehead atoms. The van der Waals surface area contributed by atoms with Crippen LogP contribution in [0.15, 0.2) is 24.3 Å². The lowest BCUT2D eigenvalue weighted by Crippen LogP contribution is -2.45. The minimum absolute atomic E-state index is 0.147. The lowest BCUT2D eigenvalue weighted by Gasteiger charge is -2.34. The Hall–Kier alpha value is -2.02. The molecule has 0 spiro atoms. The number of aliphatic hydroxyl groups excluding tert-OH is 1. The summed E-state index contributed by atoms with van der Waals surface area (Å²) >= 11 is 0. The van der Waals surface area contributed by atoms with Gasteiger partial charge in [-0.15, -0.1) is 0 Å². The molecule has 0 saturated carbocycles. The standard InChI is InChI=1S/C17H19F3N2O2/c1-10-14(12-4-2-3-5-13(12)21-10)16(24)22-8-6-11(7-9-22)15(23)17(18,19)20/h2-5,11,15,21,23H,6-9H2,1H3. The van der Waals surface area contributed by atoms with E-state index >= 15 is 0 Å². The van der Waals surface area contributed by atoms with Crippen LogP contribution in [0.1, 0.15) is 28.9 Å². The molecular weight excluding hydrogens is 321 g/mol. The molecule has 1 aliphatic heterocycles. The van der Waals surface area contributed by atoms with Gasteiger partial charge in [0.05, 0.1) is 5.56 Å². The van der Waals surface area contributed by atoms with Crippen molar-refractivity contribution in [2.75, 3.05) is 13.1 Å². The number of piperidine rings is 1. The second kappa shape index (κ2) is 6.12. The van der Waals surface area contributed by atoms with Crippen LogP contribution in [0.2, 0.25) is 0 Å². The number of alkyl halides is 3. The zero-order chi connectivity index (χ0) is 17.5. The van der Waals surface area contributed by atoms with E-state index in [1.165, 1.54) is 0 Å². The highest BCUT2D eigenvalue weighted by Gasteiger charge is 2.44. The molecule has 2 N–H and O–H groups in total. The number of carbonyl (C=O) groups excluding carboxylic acids is 1. The fraction of sp³-hybridized carbons (Fsp3) is 0.471. The quantitative estimate of drug-likeness (QED) is 0.882. The molecule has 1 saturated heterocycles. The molecule has 1 aromatic carbocycles. The third-order valence-electron chi connectivity index (χ3n) is 4.72. The molecule has 3 rings (SSSR count). The molecule has 2 heterocycles. The van der Waals surface area contributed by atoms with E-state index in [9.17, 15) is 23.1 Å². The van der Waals surface area contributed by atoms with E-state index in [2.05, 4.69) is 4.98 Å². The summed E-state index contributed by atoms with van der Waals surface area (Å²) in [5.74, 6) is -1.02. The number of carbonyl (C=O) groups is 1. The van der Waals surface area contributed by atoms with Crippen molar-refractivity contribution >= 4 is 16.8 Å². The Kier molecular flexibility index (Phi) is 4.29. The molecule has 1 aromatic heterocycles. The maximum absolute atomic E-state index is 12.8. The van der Waals surface area contributed by atoms with E-state index in [1.807, 2.05) is 31.2 Å². The van der Waals surface area contributed by atoms with Crippen molar-refractivity contribution in [3.63, 3.8) is 0 Å². The first kappa shape index (κ1) is 16.8. The Bertz CT molecular complexity index is 746. The van der Waals surface area contributed by atoms with Crippen LogP contribution in [-0.4, -0.2) is 46.3 Å². The SMILES string of the molecule is Cc1[nH]c2ccccc2c1C(=O)N1CCC(C(O)C(F)(F)F)CC1. The summed E-state index contributed by atoms with van der Waals surface area (Å²) in [4.78, 5) is 17.5. The van der Waals surface area contributed by atoms with Gasteiger partial charge in [0.15, 0.2) is 6.10 Å². The summed E-state index contributed by atoms with van der Waals surface area (Å²) in [7, 11) is 0. The van der Waals surface area contributed by atoms with Crippen molar-refractivity contribution in [3.8, 4) is 0 Å². The number of fused-ring (bicyclic) bond motifs is 1. The number of nitrogens with one attached hydrogen (secondary N) is 1. The van der Waals surface area contributed by atoms with Crippen LogP contribution < -0.4 is 0 Å². The second-order valence-electron chi connectivity index (χ2n) is 6.29. The molecule has 130 valence electrons. The van der Waals surface area contributed by atoms with Crippen LogP contribution in [-0.2, 0) is 0 Å². The Morgan fingerprint density at radius 3 is 2.54 bits per heavy atom. The number of amides is 1. The minimum Gasteiger partial charge on any atom is -0.383 e. The van der Waals surface area contributed by atoms with Gasteiger partial charge in [-0.25, -0.2) is 0 Å². The molecule has 0 aliphatic carbocycles. The van der Waals surface area contributed by atoms with Crippen LogP contribution in [0, 0.1) is 12.8 Å². The van der Waals surface area contributed by atoms with Gasteiger partial charge in [0.1, 0.15) is 0 Å². The van der Waals surface area contributed by atoms with Gasteiger partial charge in [-0.05, 0) is 31.7 Å². The number of aryl methyl sites for hydroxylation is 1. The molecular formula is C17H19F3N2O2. The lowest BCUT2D eigenvalue weighted by molar-refractivity contribution is -0.222. The van der Waals surface area contributed by atoms with Crippen molar-refractivity contribution in [2.24, 2.45) is 5.92 Å². The zero-order valence-electron chi connectivity index (χ0n) is 13.2. The Labute approximate surface area is 137 Å². The summed E-state index contributed by atoms with van der Waals surface area (Å²) in [5, 5.41) is 10.2. The zero-order valence-corrected chi connectivity index (χ0v) is 13.2. The summed E-state index contributed by atoms with van der Waals surface area (Å²) in [6.07, 6.45) is -6.63. The number of rotatable bonds is 2. The average molecular weight is 340 g/mol. The number of benzene rings is 1. The Morgan fingerprint density at radius 1 is 1.29 bits per heavy atom. The molecule has 7 heteroatoms. The Morgan fingerprint density at radius 2 is 1.92 bits per heavy atom. The van der Waals surface area contributed by atoms with E-state index < -0.39 is 18.2 Å². The first-order valence-electron chi connectivity index (χ1n) is 7.90. The average Bonchev–Trinajstić information content (AvgIpc) is 2.88. The molecule has 2 aromatic rings. The number of nitrogens with zero attached hydrogens (tertiary/aromatic N) is 1. The highest BCUT2D eigenvalue weighted by Crippen LogP contribution is 2.32. The largest absolute Gasteiger partial charge is 0.414 e. The summed E-state index contributed by atoms with van der Waals surface area (Å²) in [6, 6.07) is 7.45. The number of H-pyrrole nitrogens is 1. The topological polar surface area (TPSA) is 56.3 Å². The van der Waals surface area contributed by atoms with E-state index in [-0.39, 0.29) is 31.8 Å². The number of likely N-dealkylation sites (tertiary alicyclic amines) is 1. The Balaban J connectivity index is 1.75. The summed E-state index contributed by atoms with van der Waals surface area (Å²) < 4.78 is 37.8. The predicted molar refractivity (Wildman–Crippen MR) is 83.7 cm³/mol. The molecule has 1 atom stereocenters. The molecule has 1 aliphatic rings. The number of aromatic amines is 1. The molecule has 1 fully saturated rings. The maximum atomic E-state index is 12.8. The predicted octanol–water partition coefficient (Wildman–Crippen LogP) is 3.25. The van der Waals surface area contributed by atoms with Gasteiger partial charge in [0, 0.05) is 29.7 Å². The summed E-state index contributed by atoms with van der Waals surface area (Å²) in [5.41, 5.74) is 2.18. The number of aromatic nitrogens is 1. The first-order valence-corrected chi connectivity index (χ1v) is 7.90. The van der Waals surface area contributed by atoms with Gasteiger partial charge in [-0.3, -0.25) is 4.79 Å². The molecule has 0 radical (unpaired) electrons. The van der Waals surface area contributed by atoms with E-state index in [0.29, 0.717) is 5.56 Å². The number of hydrogen-bond acceptors (Lipinski definition) is 2. The van der Waals surface area contributed by atoms with Crippen molar-refractivity contribution in [3.05, 3.63) is 35.5 Å². The molecule has 1 unspecified atom stereocenters. The lowest BCUT2D eigenvalue weighted by atomic mass is 9.90. The molecule has 24 heavy (non-hydrogen) atoms. The monoisotopic (exact) mass is 340 g/mol. The number of hydrogen-bond donors (Lipinski definition) is 2. The highest BCUT2D eigenvalue weighted by molar-refractivity contribution is 6.08. The fourth-order valence-electron chi connectivity index (χ4n) is 3.40. The normalized spacial score (nSPS) is 18.1. The van der Waals surface area contributed by atoms with Gasteiger partial charge in [-0.1, -0.05) is 18.2 Å². The summed E-state index contributed by atoms with van der Waals surface area (Å²) in [6.45, 7) is 2.25. The third kappa shape index (κ3) is 3.00. The smallest absolute Gasteiger partial charge is 0.383 e. The first-order chi connectivity index (χ1) is 11.3. The van der Waals surface area contributed by atoms with Crippen LogP contribution >= 0.6 is 0 Å². The number of aliphatic hydroxyl groups is 1. The van der Waals surface area contributed by atoms with Gasteiger partial charge >= 0.3 is 6.18 Å². The minimum atomic E-state index is -4.61. The molecule has 4 nitrogen and oxygen atoms in total. The second-order valence-corrected chi connectivity index (χ2v) is 6.29. The van der Waals surface area contributed by atoms with Crippen LogP contribution in [0.4, 0.5) is 13.2 Å². The van der Waals surface area contributed by atoms with Gasteiger partial charge in [0.25, 0.3) is 5.91 Å². The third-order valence-corrected chi connectivity index (χ3v) is 4.72. The van der Waals surface area contributed by atoms with Gasteiger partial charge in [0.2, 0.25) is 0 Å². The van der Waals surface area contributed by atoms with Crippen LogP contribution in [0.5, 0.6) is 0 Å². The van der Waals surface area contributed by atoms with E-state index in [1.54, 1.807) is 4.90 Å². The van der Waals surface area contributed by atoms with Crippen LogP contribution in [0.3, 0.4) is 0 Å². The van der Waals surface area contributed by atoms with Crippen molar-refractivity contribution in [1.29, 1.82) is 0 Å². The van der Waals surface area contributed by atoms with Crippen molar-refractivity contribution in [2.45, 2.75) is 32.0 Å².